The summed E-state index contributed by atoms with van der Waals surface area (Å²) in [7, 11) is 1.63. The average Bonchev–Trinajstić information content (AvgIpc) is 2.61. The van der Waals surface area contributed by atoms with Crippen molar-refractivity contribution in [3.63, 3.8) is 0 Å². The molecule has 0 amide bonds. The molecular formula is C19H24N2O3S. The Bertz CT molecular complexity index is 707. The second-order valence-electron chi connectivity index (χ2n) is 5.19. The minimum absolute atomic E-state index is 0.544. The fraction of sp³-hybridized carbons (Fsp3) is 0.316. The van der Waals surface area contributed by atoms with Crippen LogP contribution in [-0.4, -0.2) is 25.4 Å². The number of methoxy groups -OCH3 is 1. The van der Waals surface area contributed by atoms with Crippen molar-refractivity contribution < 1.29 is 14.2 Å². The van der Waals surface area contributed by atoms with Crippen molar-refractivity contribution in [1.29, 1.82) is 0 Å². The van der Waals surface area contributed by atoms with Crippen molar-refractivity contribution in [1.82, 2.24) is 5.32 Å². The Morgan fingerprint density at radius 3 is 2.52 bits per heavy atom. The number of ether oxygens (including phenoxy) is 3. The van der Waals surface area contributed by atoms with E-state index < -0.39 is 0 Å². The van der Waals surface area contributed by atoms with E-state index in [-0.39, 0.29) is 0 Å². The van der Waals surface area contributed by atoms with E-state index in [1.165, 1.54) is 0 Å². The van der Waals surface area contributed by atoms with Gasteiger partial charge in [0.1, 0.15) is 5.75 Å². The molecule has 0 fully saturated rings. The number of hydrogen-bond acceptors (Lipinski definition) is 4. The van der Waals surface area contributed by atoms with Gasteiger partial charge in [-0.25, -0.2) is 0 Å². The van der Waals surface area contributed by atoms with Gasteiger partial charge in [-0.15, -0.1) is 0 Å². The van der Waals surface area contributed by atoms with E-state index in [0.717, 1.165) is 28.5 Å². The van der Waals surface area contributed by atoms with Crippen LogP contribution in [0.4, 0.5) is 5.69 Å². The van der Waals surface area contributed by atoms with Crippen molar-refractivity contribution >= 4 is 23.0 Å². The number of nitrogens with one attached hydrogen (secondary N) is 2. The van der Waals surface area contributed by atoms with Crippen molar-refractivity contribution in [2.24, 2.45) is 0 Å². The summed E-state index contributed by atoms with van der Waals surface area (Å²) in [6.45, 7) is 5.70. The molecule has 0 unspecified atom stereocenters. The lowest BCUT2D eigenvalue weighted by Crippen LogP contribution is -2.27. The fourth-order valence-electron chi connectivity index (χ4n) is 2.29. The third-order valence-corrected chi connectivity index (χ3v) is 3.63. The third kappa shape index (κ3) is 5.83. The molecule has 0 saturated heterocycles. The summed E-state index contributed by atoms with van der Waals surface area (Å²) in [5, 5.41) is 6.89. The second kappa shape index (κ2) is 9.74. The minimum Gasteiger partial charge on any atom is -0.494 e. The van der Waals surface area contributed by atoms with Crippen molar-refractivity contribution in [3.8, 4) is 17.2 Å². The normalized spacial score (nSPS) is 10.0. The van der Waals surface area contributed by atoms with Crippen molar-refractivity contribution in [2.45, 2.75) is 20.4 Å². The van der Waals surface area contributed by atoms with Gasteiger partial charge in [-0.1, -0.05) is 12.1 Å². The Morgan fingerprint density at radius 1 is 1.00 bits per heavy atom. The monoisotopic (exact) mass is 360 g/mol. The van der Waals surface area contributed by atoms with E-state index in [4.69, 9.17) is 26.4 Å². The summed E-state index contributed by atoms with van der Waals surface area (Å²) in [6, 6.07) is 13.5. The molecule has 0 aliphatic carbocycles. The van der Waals surface area contributed by atoms with Gasteiger partial charge in [0.05, 0.1) is 20.3 Å². The van der Waals surface area contributed by atoms with E-state index in [2.05, 4.69) is 10.6 Å². The van der Waals surface area contributed by atoms with Crippen LogP contribution in [0.25, 0.3) is 0 Å². The Labute approximate surface area is 154 Å². The molecule has 0 radical (unpaired) electrons. The van der Waals surface area contributed by atoms with Gasteiger partial charge in [-0.2, -0.15) is 0 Å². The first-order valence-corrected chi connectivity index (χ1v) is 8.64. The predicted octanol–water partition coefficient (Wildman–Crippen LogP) is 3.98. The number of thiocarbonyl (C=S) groups is 1. The van der Waals surface area contributed by atoms with Gasteiger partial charge >= 0.3 is 0 Å². The maximum Gasteiger partial charge on any atom is 0.171 e. The average molecular weight is 360 g/mol. The molecule has 25 heavy (non-hydrogen) atoms. The Morgan fingerprint density at radius 2 is 1.80 bits per heavy atom. The molecule has 0 aliphatic heterocycles. The van der Waals surface area contributed by atoms with E-state index in [0.29, 0.717) is 24.9 Å². The summed E-state index contributed by atoms with van der Waals surface area (Å²) < 4.78 is 16.4. The van der Waals surface area contributed by atoms with Crippen LogP contribution >= 0.6 is 12.2 Å². The van der Waals surface area contributed by atoms with Gasteiger partial charge < -0.3 is 24.8 Å². The van der Waals surface area contributed by atoms with Gasteiger partial charge in [-0.3, -0.25) is 0 Å². The van der Waals surface area contributed by atoms with Crippen LogP contribution in [0.1, 0.15) is 19.4 Å². The van der Waals surface area contributed by atoms with Crippen molar-refractivity contribution in [3.05, 3.63) is 48.0 Å². The summed E-state index contributed by atoms with van der Waals surface area (Å²) in [5.41, 5.74) is 1.93. The van der Waals surface area contributed by atoms with Gasteiger partial charge in [-0.05, 0) is 55.9 Å². The molecule has 6 heteroatoms. The Balaban J connectivity index is 1.93. The predicted molar refractivity (Wildman–Crippen MR) is 105 cm³/mol. The Hall–Kier alpha value is -2.47. The number of rotatable bonds is 8. The highest BCUT2D eigenvalue weighted by Gasteiger charge is 2.06. The first-order chi connectivity index (χ1) is 12.2. The number of hydrogen-bond donors (Lipinski definition) is 2. The van der Waals surface area contributed by atoms with Crippen LogP contribution in [-0.2, 0) is 6.54 Å². The molecule has 2 rings (SSSR count). The third-order valence-electron chi connectivity index (χ3n) is 3.38. The summed E-state index contributed by atoms with van der Waals surface area (Å²) in [5.74, 6) is 2.26. The fourth-order valence-corrected chi connectivity index (χ4v) is 2.48. The summed E-state index contributed by atoms with van der Waals surface area (Å²) in [6.07, 6.45) is 0. The van der Waals surface area contributed by atoms with Gasteiger partial charge in [0.2, 0.25) is 0 Å². The molecule has 0 aliphatic rings. The molecule has 5 nitrogen and oxygen atoms in total. The summed E-state index contributed by atoms with van der Waals surface area (Å²) >= 11 is 5.36. The van der Waals surface area contributed by atoms with E-state index in [1.807, 2.05) is 56.3 Å². The SMILES string of the molecule is CCOc1cccc(NC(=S)NCc2ccc(OC)c(OCC)c2)c1. The first kappa shape index (κ1) is 18.9. The molecule has 2 aromatic carbocycles. The molecule has 2 aromatic rings. The van der Waals surface area contributed by atoms with E-state index in [1.54, 1.807) is 7.11 Å². The minimum atomic E-state index is 0.544. The number of anilines is 1. The lowest BCUT2D eigenvalue weighted by atomic mass is 10.2. The van der Waals surface area contributed by atoms with Crippen LogP contribution in [0, 0.1) is 0 Å². The first-order valence-electron chi connectivity index (χ1n) is 8.23. The zero-order valence-electron chi connectivity index (χ0n) is 14.8. The van der Waals surface area contributed by atoms with Crippen LogP contribution in [0.5, 0.6) is 17.2 Å². The largest absolute Gasteiger partial charge is 0.494 e. The van der Waals surface area contributed by atoms with Gasteiger partial charge in [0.25, 0.3) is 0 Å². The number of benzene rings is 2. The van der Waals surface area contributed by atoms with E-state index in [9.17, 15) is 0 Å². The van der Waals surface area contributed by atoms with Crippen LogP contribution in [0.15, 0.2) is 42.5 Å². The molecule has 0 spiro atoms. The van der Waals surface area contributed by atoms with Crippen LogP contribution in [0.2, 0.25) is 0 Å². The molecule has 2 N–H and O–H groups in total. The molecule has 0 aromatic heterocycles. The second-order valence-corrected chi connectivity index (χ2v) is 5.59. The topological polar surface area (TPSA) is 51.8 Å². The molecule has 0 saturated carbocycles. The highest BCUT2D eigenvalue weighted by molar-refractivity contribution is 7.80. The lowest BCUT2D eigenvalue weighted by Gasteiger charge is -2.14. The molecule has 0 bridgehead atoms. The van der Waals surface area contributed by atoms with Gasteiger partial charge in [0, 0.05) is 18.3 Å². The quantitative estimate of drug-likeness (QED) is 0.695. The van der Waals surface area contributed by atoms with Gasteiger partial charge in [0.15, 0.2) is 16.6 Å². The highest BCUT2D eigenvalue weighted by Crippen LogP contribution is 2.28. The lowest BCUT2D eigenvalue weighted by molar-refractivity contribution is 0.310. The molecular weight excluding hydrogens is 336 g/mol. The zero-order valence-corrected chi connectivity index (χ0v) is 15.6. The summed E-state index contributed by atoms with van der Waals surface area (Å²) in [4.78, 5) is 0. The standard InChI is InChI=1S/C19H24N2O3S/c1-4-23-16-8-6-7-15(12-16)21-19(25)20-13-14-9-10-17(22-3)18(11-14)24-5-2/h6-12H,4-5,13H2,1-3H3,(H2,20,21,25). The maximum atomic E-state index is 5.59. The molecule has 134 valence electrons. The highest BCUT2D eigenvalue weighted by atomic mass is 32.1. The van der Waals surface area contributed by atoms with Crippen LogP contribution in [0.3, 0.4) is 0 Å². The Kier molecular flexibility index (Phi) is 7.35. The smallest absolute Gasteiger partial charge is 0.171 e. The van der Waals surface area contributed by atoms with Crippen LogP contribution < -0.4 is 24.8 Å². The maximum absolute atomic E-state index is 5.59. The zero-order chi connectivity index (χ0) is 18.1. The molecule has 0 atom stereocenters. The van der Waals surface area contributed by atoms with E-state index >= 15 is 0 Å². The van der Waals surface area contributed by atoms with Crippen molar-refractivity contribution in [2.75, 3.05) is 25.6 Å². The molecule has 0 heterocycles.